The first-order valence-corrected chi connectivity index (χ1v) is 10.5. The zero-order chi connectivity index (χ0) is 19.6. The normalized spacial score (nSPS) is 23.4. The maximum Gasteiger partial charge on any atom is 0.306 e. The number of rotatable bonds is 6. The Bertz CT molecular complexity index is 826. The minimum absolute atomic E-state index is 0.150. The van der Waals surface area contributed by atoms with Crippen LogP contribution in [0.2, 0.25) is 0 Å². The van der Waals surface area contributed by atoms with Crippen LogP contribution in [0.4, 0.5) is 0 Å². The summed E-state index contributed by atoms with van der Waals surface area (Å²) in [4.78, 5) is 23.5. The minimum atomic E-state index is -3.71. The Kier molecular flexibility index (Phi) is 5.83. The summed E-state index contributed by atoms with van der Waals surface area (Å²) in [5.74, 6) is -1.66. The van der Waals surface area contributed by atoms with E-state index < -0.39 is 21.9 Å². The van der Waals surface area contributed by atoms with E-state index in [-0.39, 0.29) is 22.4 Å². The third-order valence-corrected chi connectivity index (χ3v) is 7.10. The number of carboxylic acid groups (broad SMARTS) is 1. The Labute approximate surface area is 158 Å². The maximum absolute atomic E-state index is 13.0. The number of nitrogens with one attached hydrogen (secondary N) is 1. The van der Waals surface area contributed by atoms with Gasteiger partial charge in [-0.05, 0) is 37.0 Å². The summed E-state index contributed by atoms with van der Waals surface area (Å²) in [7, 11) is -3.71. The number of morpholine rings is 1. The monoisotopic (exact) mass is 396 g/mol. The van der Waals surface area contributed by atoms with Crippen molar-refractivity contribution in [3.8, 4) is 0 Å². The number of ether oxygens (including phenoxy) is 1. The average Bonchev–Trinajstić information content (AvgIpc) is 2.63. The zero-order valence-electron chi connectivity index (χ0n) is 15.2. The molecule has 9 heteroatoms. The SMILES string of the molecule is CCc1ccc(C(=O)NC2CC(C(=O)O)C2)cc1S(=O)(=O)N1CCOCC1. The lowest BCUT2D eigenvalue weighted by Crippen LogP contribution is -2.46. The number of amides is 1. The van der Waals surface area contributed by atoms with Crippen LogP contribution >= 0.6 is 0 Å². The highest BCUT2D eigenvalue weighted by molar-refractivity contribution is 7.89. The second-order valence-corrected chi connectivity index (χ2v) is 8.78. The van der Waals surface area contributed by atoms with Gasteiger partial charge in [-0.2, -0.15) is 4.31 Å². The predicted molar refractivity (Wildman–Crippen MR) is 97.0 cm³/mol. The lowest BCUT2D eigenvalue weighted by molar-refractivity contribution is -0.145. The third kappa shape index (κ3) is 4.15. The van der Waals surface area contributed by atoms with E-state index in [4.69, 9.17) is 9.84 Å². The molecule has 1 saturated carbocycles. The summed E-state index contributed by atoms with van der Waals surface area (Å²) in [5.41, 5.74) is 0.922. The highest BCUT2D eigenvalue weighted by atomic mass is 32.2. The van der Waals surface area contributed by atoms with Gasteiger partial charge in [0.1, 0.15) is 0 Å². The quantitative estimate of drug-likeness (QED) is 0.738. The number of hydrogen-bond donors (Lipinski definition) is 2. The van der Waals surface area contributed by atoms with E-state index in [1.807, 2.05) is 6.92 Å². The third-order valence-electron chi connectivity index (χ3n) is 5.12. The van der Waals surface area contributed by atoms with Crippen LogP contribution in [0.15, 0.2) is 23.1 Å². The van der Waals surface area contributed by atoms with E-state index in [2.05, 4.69) is 5.32 Å². The summed E-state index contributed by atoms with van der Waals surface area (Å²) >= 11 is 0. The highest BCUT2D eigenvalue weighted by Crippen LogP contribution is 2.28. The zero-order valence-corrected chi connectivity index (χ0v) is 16.0. The van der Waals surface area contributed by atoms with Gasteiger partial charge in [-0.25, -0.2) is 8.42 Å². The first-order chi connectivity index (χ1) is 12.8. The Morgan fingerprint density at radius 1 is 1.26 bits per heavy atom. The highest BCUT2D eigenvalue weighted by Gasteiger charge is 2.35. The van der Waals surface area contributed by atoms with Gasteiger partial charge in [0, 0.05) is 24.7 Å². The number of aliphatic carboxylic acids is 1. The molecule has 1 aromatic rings. The molecule has 1 aromatic carbocycles. The van der Waals surface area contributed by atoms with Crippen LogP contribution in [0.25, 0.3) is 0 Å². The summed E-state index contributed by atoms with van der Waals surface area (Å²) < 4.78 is 32.7. The second kappa shape index (κ2) is 7.95. The number of carbonyl (C=O) groups is 2. The molecule has 0 bridgehead atoms. The molecule has 0 radical (unpaired) electrons. The van der Waals surface area contributed by atoms with Crippen molar-refractivity contribution in [1.29, 1.82) is 0 Å². The van der Waals surface area contributed by atoms with E-state index in [0.717, 1.165) is 0 Å². The topological polar surface area (TPSA) is 113 Å². The molecular formula is C18H24N2O6S. The van der Waals surface area contributed by atoms with E-state index in [9.17, 15) is 18.0 Å². The molecule has 2 fully saturated rings. The average molecular weight is 396 g/mol. The molecule has 3 rings (SSSR count). The first-order valence-electron chi connectivity index (χ1n) is 9.07. The van der Waals surface area contributed by atoms with Crippen LogP contribution in [0.1, 0.15) is 35.7 Å². The van der Waals surface area contributed by atoms with Gasteiger partial charge in [-0.1, -0.05) is 13.0 Å². The summed E-state index contributed by atoms with van der Waals surface area (Å²) in [6, 6.07) is 4.51. The molecule has 0 atom stereocenters. The molecule has 1 aliphatic carbocycles. The van der Waals surface area contributed by atoms with Gasteiger partial charge < -0.3 is 15.2 Å². The van der Waals surface area contributed by atoms with Crippen molar-refractivity contribution < 1.29 is 27.9 Å². The van der Waals surface area contributed by atoms with E-state index in [0.29, 0.717) is 51.1 Å². The van der Waals surface area contributed by atoms with E-state index in [1.165, 1.54) is 10.4 Å². The molecule has 27 heavy (non-hydrogen) atoms. The standard InChI is InChI=1S/C18H24N2O6S/c1-2-12-3-4-13(17(21)19-15-9-14(10-15)18(22)23)11-16(12)27(24,25)20-5-7-26-8-6-20/h3-4,11,14-15H,2,5-10H2,1H3,(H,19,21)(H,22,23). The van der Waals surface area contributed by atoms with Crippen LogP contribution in [0.5, 0.6) is 0 Å². The van der Waals surface area contributed by atoms with Crippen molar-refractivity contribution in [2.75, 3.05) is 26.3 Å². The maximum atomic E-state index is 13.0. The number of hydrogen-bond acceptors (Lipinski definition) is 5. The molecule has 8 nitrogen and oxygen atoms in total. The summed E-state index contributed by atoms with van der Waals surface area (Å²) in [5, 5.41) is 11.7. The molecule has 1 heterocycles. The van der Waals surface area contributed by atoms with Crippen LogP contribution in [0.3, 0.4) is 0 Å². The van der Waals surface area contributed by atoms with Gasteiger partial charge in [0.15, 0.2) is 0 Å². The second-order valence-electron chi connectivity index (χ2n) is 6.87. The number of aryl methyl sites for hydroxylation is 1. The Hall–Kier alpha value is -1.97. The van der Waals surface area contributed by atoms with Crippen LogP contribution < -0.4 is 5.32 Å². The Morgan fingerprint density at radius 3 is 2.52 bits per heavy atom. The minimum Gasteiger partial charge on any atom is -0.481 e. The summed E-state index contributed by atoms with van der Waals surface area (Å²) in [6.45, 7) is 3.16. The van der Waals surface area contributed by atoms with Crippen molar-refractivity contribution in [2.24, 2.45) is 5.92 Å². The first kappa shape index (κ1) is 19.8. The number of sulfonamides is 1. The van der Waals surface area contributed by atoms with E-state index >= 15 is 0 Å². The number of carbonyl (C=O) groups excluding carboxylic acids is 1. The van der Waals surface area contributed by atoms with Gasteiger partial charge in [0.05, 0.1) is 24.0 Å². The van der Waals surface area contributed by atoms with Crippen LogP contribution in [0, 0.1) is 5.92 Å². The van der Waals surface area contributed by atoms with Gasteiger partial charge in [0.25, 0.3) is 5.91 Å². The van der Waals surface area contributed by atoms with Crippen LogP contribution in [-0.2, 0) is 26.0 Å². The lowest BCUT2D eigenvalue weighted by Gasteiger charge is -2.33. The molecule has 0 unspecified atom stereocenters. The van der Waals surface area contributed by atoms with Crippen molar-refractivity contribution in [2.45, 2.75) is 37.1 Å². The molecule has 1 aliphatic heterocycles. The molecule has 1 amide bonds. The number of carboxylic acids is 1. The lowest BCUT2D eigenvalue weighted by atomic mass is 9.80. The molecule has 2 aliphatic rings. The van der Waals surface area contributed by atoms with Gasteiger partial charge in [-0.3, -0.25) is 9.59 Å². The predicted octanol–water partition coefficient (Wildman–Crippen LogP) is 0.863. The Morgan fingerprint density at radius 2 is 1.93 bits per heavy atom. The van der Waals surface area contributed by atoms with Crippen LogP contribution in [-0.4, -0.2) is 62.1 Å². The van der Waals surface area contributed by atoms with Gasteiger partial charge >= 0.3 is 5.97 Å². The molecule has 0 spiro atoms. The van der Waals surface area contributed by atoms with E-state index in [1.54, 1.807) is 12.1 Å². The molecule has 2 N–H and O–H groups in total. The van der Waals surface area contributed by atoms with Gasteiger partial charge in [-0.15, -0.1) is 0 Å². The van der Waals surface area contributed by atoms with Crippen molar-refractivity contribution in [3.05, 3.63) is 29.3 Å². The Balaban J connectivity index is 1.79. The molecular weight excluding hydrogens is 372 g/mol. The molecule has 0 aromatic heterocycles. The summed E-state index contributed by atoms with van der Waals surface area (Å²) in [6.07, 6.45) is 1.32. The fourth-order valence-electron chi connectivity index (χ4n) is 3.36. The molecule has 1 saturated heterocycles. The molecule has 148 valence electrons. The van der Waals surface area contributed by atoms with Crippen molar-refractivity contribution in [3.63, 3.8) is 0 Å². The number of benzene rings is 1. The fourth-order valence-corrected chi connectivity index (χ4v) is 5.09. The van der Waals surface area contributed by atoms with Crippen molar-refractivity contribution >= 4 is 21.9 Å². The largest absolute Gasteiger partial charge is 0.481 e. The number of nitrogens with zero attached hydrogens (tertiary/aromatic N) is 1. The van der Waals surface area contributed by atoms with Crippen molar-refractivity contribution in [1.82, 2.24) is 9.62 Å². The fraction of sp³-hybridized carbons (Fsp3) is 0.556. The van der Waals surface area contributed by atoms with Gasteiger partial charge in [0.2, 0.25) is 10.0 Å². The smallest absolute Gasteiger partial charge is 0.306 e.